The van der Waals surface area contributed by atoms with Crippen molar-refractivity contribution in [3.63, 3.8) is 0 Å². The molecule has 1 aliphatic rings. The zero-order valence-electron chi connectivity index (χ0n) is 15.7. The smallest absolute Gasteiger partial charge is 0.409 e. The van der Waals surface area contributed by atoms with Crippen molar-refractivity contribution in [2.75, 3.05) is 45.9 Å². The molecule has 1 atom stereocenters. The van der Waals surface area contributed by atoms with Crippen molar-refractivity contribution >= 4 is 6.09 Å². The Morgan fingerprint density at radius 1 is 1.16 bits per heavy atom. The Bertz CT molecular complexity index is 583. The Morgan fingerprint density at radius 2 is 1.80 bits per heavy atom. The number of ether oxygens (including phenoxy) is 2. The van der Waals surface area contributed by atoms with E-state index in [0.717, 1.165) is 30.0 Å². The molecule has 0 radical (unpaired) electrons. The van der Waals surface area contributed by atoms with Gasteiger partial charge < -0.3 is 19.5 Å². The summed E-state index contributed by atoms with van der Waals surface area (Å²) in [5.74, 6) is 0.867. The molecule has 25 heavy (non-hydrogen) atoms. The van der Waals surface area contributed by atoms with Crippen molar-refractivity contribution in [1.29, 1.82) is 0 Å². The molecule has 1 aliphatic heterocycles. The molecule has 6 nitrogen and oxygen atoms in total. The molecule has 1 aromatic rings. The lowest BCUT2D eigenvalue weighted by Crippen LogP contribution is -2.51. The molecule has 140 valence electrons. The van der Waals surface area contributed by atoms with E-state index in [1.165, 1.54) is 5.56 Å². The number of carbonyl (C=O) groups excluding carboxylic acids is 1. The average molecular weight is 350 g/mol. The predicted molar refractivity (Wildman–Crippen MR) is 97.2 cm³/mol. The lowest BCUT2D eigenvalue weighted by Gasteiger charge is -2.34. The van der Waals surface area contributed by atoms with Gasteiger partial charge in [-0.05, 0) is 44.4 Å². The van der Waals surface area contributed by atoms with Crippen molar-refractivity contribution in [3.8, 4) is 5.75 Å². The second-order valence-electron chi connectivity index (χ2n) is 6.60. The van der Waals surface area contributed by atoms with E-state index in [2.05, 4.69) is 17.9 Å². The van der Waals surface area contributed by atoms with E-state index >= 15 is 0 Å². The Morgan fingerprint density at radius 3 is 2.44 bits per heavy atom. The lowest BCUT2D eigenvalue weighted by atomic mass is 10.1. The van der Waals surface area contributed by atoms with Crippen LogP contribution < -0.4 is 4.74 Å². The van der Waals surface area contributed by atoms with Crippen LogP contribution in [0.1, 0.15) is 23.6 Å². The zero-order chi connectivity index (χ0) is 18.4. The number of benzene rings is 1. The minimum Gasteiger partial charge on any atom is -0.490 e. The monoisotopic (exact) mass is 350 g/mol. The third kappa shape index (κ3) is 5.34. The van der Waals surface area contributed by atoms with Crippen LogP contribution in [0.5, 0.6) is 5.75 Å². The molecule has 6 heteroatoms. The lowest BCUT2D eigenvalue weighted by molar-refractivity contribution is 0.0405. The van der Waals surface area contributed by atoms with Crippen LogP contribution in [-0.4, -0.2) is 73.0 Å². The highest BCUT2D eigenvalue weighted by atomic mass is 16.6. The van der Waals surface area contributed by atoms with E-state index in [1.54, 1.807) is 4.90 Å². The quantitative estimate of drug-likeness (QED) is 0.852. The third-order valence-corrected chi connectivity index (χ3v) is 4.66. The second-order valence-corrected chi connectivity index (χ2v) is 6.60. The Labute approximate surface area is 150 Å². The summed E-state index contributed by atoms with van der Waals surface area (Å²) in [5, 5.41) is 10.3. The molecule has 1 fully saturated rings. The highest BCUT2D eigenvalue weighted by molar-refractivity contribution is 5.67. The minimum atomic E-state index is -0.562. The number of carbonyl (C=O) groups is 1. The number of aliphatic hydroxyl groups excluding tert-OH is 1. The van der Waals surface area contributed by atoms with Gasteiger partial charge in [0, 0.05) is 32.7 Å². The summed E-state index contributed by atoms with van der Waals surface area (Å²) in [5.41, 5.74) is 3.39. The summed E-state index contributed by atoms with van der Waals surface area (Å²) in [6.07, 6.45) is -0.815. The second kappa shape index (κ2) is 9.06. The van der Waals surface area contributed by atoms with E-state index in [4.69, 9.17) is 9.47 Å². The van der Waals surface area contributed by atoms with Gasteiger partial charge >= 0.3 is 6.09 Å². The fourth-order valence-electron chi connectivity index (χ4n) is 3.01. The van der Waals surface area contributed by atoms with Gasteiger partial charge in [-0.25, -0.2) is 4.79 Å². The predicted octanol–water partition coefficient (Wildman–Crippen LogP) is 2.13. The minimum absolute atomic E-state index is 0.253. The van der Waals surface area contributed by atoms with E-state index < -0.39 is 6.10 Å². The summed E-state index contributed by atoms with van der Waals surface area (Å²) in [7, 11) is 0. The average Bonchev–Trinajstić information content (AvgIpc) is 2.59. The fraction of sp³-hybridized carbons (Fsp3) is 0.632. The van der Waals surface area contributed by atoms with Gasteiger partial charge in [-0.2, -0.15) is 0 Å². The van der Waals surface area contributed by atoms with Crippen LogP contribution >= 0.6 is 0 Å². The zero-order valence-corrected chi connectivity index (χ0v) is 15.7. The van der Waals surface area contributed by atoms with Gasteiger partial charge in [-0.3, -0.25) is 4.90 Å². The van der Waals surface area contributed by atoms with E-state index in [-0.39, 0.29) is 12.7 Å². The van der Waals surface area contributed by atoms with Crippen LogP contribution in [0, 0.1) is 20.8 Å². The molecule has 1 N–H and O–H groups in total. The number of hydrogen-bond donors (Lipinski definition) is 1. The number of aryl methyl sites for hydroxylation is 2. The maximum Gasteiger partial charge on any atom is 0.409 e. The summed E-state index contributed by atoms with van der Waals surface area (Å²) in [6, 6.07) is 4.12. The van der Waals surface area contributed by atoms with Gasteiger partial charge in [0.15, 0.2) is 0 Å². The first-order chi connectivity index (χ1) is 11.9. The first kappa shape index (κ1) is 19.5. The van der Waals surface area contributed by atoms with Gasteiger partial charge in [0.05, 0.1) is 6.61 Å². The molecule has 0 saturated carbocycles. The summed E-state index contributed by atoms with van der Waals surface area (Å²) < 4.78 is 10.9. The summed E-state index contributed by atoms with van der Waals surface area (Å²) in [6.45, 7) is 11.9. The number of amides is 1. The van der Waals surface area contributed by atoms with Gasteiger partial charge in [-0.1, -0.05) is 12.1 Å². The number of nitrogens with zero attached hydrogens (tertiary/aromatic N) is 2. The summed E-state index contributed by atoms with van der Waals surface area (Å²) in [4.78, 5) is 15.6. The van der Waals surface area contributed by atoms with Crippen molar-refractivity contribution < 1.29 is 19.4 Å². The van der Waals surface area contributed by atoms with Crippen LogP contribution in [-0.2, 0) is 4.74 Å². The number of rotatable bonds is 6. The molecule has 1 aromatic carbocycles. The van der Waals surface area contributed by atoms with Gasteiger partial charge in [-0.15, -0.1) is 0 Å². The third-order valence-electron chi connectivity index (χ3n) is 4.66. The number of aliphatic hydroxyl groups is 1. The molecule has 0 aromatic heterocycles. The van der Waals surface area contributed by atoms with Crippen molar-refractivity contribution in [2.45, 2.75) is 33.8 Å². The van der Waals surface area contributed by atoms with E-state index in [1.807, 2.05) is 26.8 Å². The Kier molecular flexibility index (Phi) is 7.08. The molecule has 2 rings (SSSR count). The highest BCUT2D eigenvalue weighted by Crippen LogP contribution is 2.25. The molecule has 0 bridgehead atoms. The van der Waals surface area contributed by atoms with E-state index in [9.17, 15) is 9.90 Å². The number of β-amino-alcohol motifs (C(OH)–C–C–N with tert-alkyl or cyclic N) is 1. The van der Waals surface area contributed by atoms with Crippen molar-refractivity contribution in [3.05, 3.63) is 28.8 Å². The first-order valence-corrected chi connectivity index (χ1v) is 8.94. The largest absolute Gasteiger partial charge is 0.490 e. The van der Waals surface area contributed by atoms with Gasteiger partial charge in [0.1, 0.15) is 18.5 Å². The highest BCUT2D eigenvalue weighted by Gasteiger charge is 2.23. The van der Waals surface area contributed by atoms with Gasteiger partial charge in [0.25, 0.3) is 0 Å². The normalized spacial score (nSPS) is 16.6. The van der Waals surface area contributed by atoms with Crippen molar-refractivity contribution in [2.24, 2.45) is 0 Å². The van der Waals surface area contributed by atoms with Crippen LogP contribution in [0.4, 0.5) is 4.79 Å². The molecule has 0 spiro atoms. The van der Waals surface area contributed by atoms with Crippen LogP contribution in [0.3, 0.4) is 0 Å². The van der Waals surface area contributed by atoms with E-state index in [0.29, 0.717) is 26.2 Å². The molecule has 1 heterocycles. The molecular formula is C19H30N2O4. The maximum absolute atomic E-state index is 11.7. The SMILES string of the molecule is CCOC(=O)N1CCN(CC(O)COc2c(C)ccc(C)c2C)CC1. The molecule has 1 saturated heterocycles. The van der Waals surface area contributed by atoms with Crippen molar-refractivity contribution in [1.82, 2.24) is 9.80 Å². The van der Waals surface area contributed by atoms with Crippen LogP contribution in [0.2, 0.25) is 0 Å². The Hall–Kier alpha value is -1.79. The maximum atomic E-state index is 11.7. The standard InChI is InChI=1S/C19H30N2O4/c1-5-24-19(23)21-10-8-20(9-11-21)12-17(22)13-25-18-15(3)7-6-14(2)16(18)4/h6-7,17,22H,5,8-13H2,1-4H3. The number of hydrogen-bond acceptors (Lipinski definition) is 5. The number of piperazine rings is 1. The first-order valence-electron chi connectivity index (χ1n) is 8.94. The topological polar surface area (TPSA) is 62.2 Å². The molecule has 1 amide bonds. The summed E-state index contributed by atoms with van der Waals surface area (Å²) >= 11 is 0. The Balaban J connectivity index is 1.77. The van der Waals surface area contributed by atoms with Crippen LogP contribution in [0.15, 0.2) is 12.1 Å². The molecule has 1 unspecified atom stereocenters. The van der Waals surface area contributed by atoms with Crippen LogP contribution in [0.25, 0.3) is 0 Å². The molecular weight excluding hydrogens is 320 g/mol. The molecule has 0 aliphatic carbocycles. The van der Waals surface area contributed by atoms with Gasteiger partial charge in [0.2, 0.25) is 0 Å². The fourth-order valence-corrected chi connectivity index (χ4v) is 3.01.